The summed E-state index contributed by atoms with van der Waals surface area (Å²) in [6.07, 6.45) is 0.867. The highest BCUT2D eigenvalue weighted by molar-refractivity contribution is 5.91. The van der Waals surface area contributed by atoms with Crippen molar-refractivity contribution in [2.75, 3.05) is 0 Å². The number of benzene rings is 1. The summed E-state index contributed by atoms with van der Waals surface area (Å²) >= 11 is 0. The Morgan fingerprint density at radius 1 is 1.42 bits per heavy atom. The Hall–Kier alpha value is -2.37. The lowest BCUT2D eigenvalue weighted by atomic mass is 10.1. The zero-order valence-electron chi connectivity index (χ0n) is 10.2. The van der Waals surface area contributed by atoms with Gasteiger partial charge in [0.25, 0.3) is 0 Å². The molecule has 0 saturated carbocycles. The molecule has 1 aliphatic heterocycles. The normalized spacial score (nSPS) is 17.9. The first-order valence-corrected chi connectivity index (χ1v) is 5.95. The van der Waals surface area contributed by atoms with Gasteiger partial charge in [0.15, 0.2) is 0 Å². The average Bonchev–Trinajstić information content (AvgIpc) is 2.83. The molecule has 1 aromatic rings. The highest BCUT2D eigenvalue weighted by Gasteiger charge is 2.26. The van der Waals surface area contributed by atoms with Gasteiger partial charge in [-0.15, -0.1) is 0 Å². The van der Waals surface area contributed by atoms with E-state index in [1.165, 1.54) is 12.1 Å². The number of aromatic carboxylic acids is 1. The number of amides is 2. The van der Waals surface area contributed by atoms with E-state index < -0.39 is 12.0 Å². The number of rotatable bonds is 4. The highest BCUT2D eigenvalue weighted by atomic mass is 16.4. The first-order chi connectivity index (χ1) is 9.06. The van der Waals surface area contributed by atoms with Crippen molar-refractivity contribution in [3.8, 4) is 0 Å². The average molecular weight is 262 g/mol. The third-order valence-corrected chi connectivity index (χ3v) is 2.95. The number of carboxylic acids is 1. The maximum atomic E-state index is 11.7. The van der Waals surface area contributed by atoms with E-state index in [1.807, 2.05) is 0 Å². The summed E-state index contributed by atoms with van der Waals surface area (Å²) in [7, 11) is 0. The molecule has 1 aromatic carbocycles. The summed E-state index contributed by atoms with van der Waals surface area (Å²) in [5.74, 6) is -1.36. The number of carbonyl (C=O) groups is 3. The highest BCUT2D eigenvalue weighted by Crippen LogP contribution is 2.08. The minimum absolute atomic E-state index is 0.118. The van der Waals surface area contributed by atoms with Crippen molar-refractivity contribution in [2.24, 2.45) is 0 Å². The fourth-order valence-corrected chi connectivity index (χ4v) is 1.94. The second-order valence-corrected chi connectivity index (χ2v) is 4.38. The van der Waals surface area contributed by atoms with Crippen LogP contribution < -0.4 is 10.6 Å². The van der Waals surface area contributed by atoms with Crippen LogP contribution in [0.2, 0.25) is 0 Å². The molecule has 2 rings (SSSR count). The van der Waals surface area contributed by atoms with Crippen molar-refractivity contribution in [3.63, 3.8) is 0 Å². The van der Waals surface area contributed by atoms with E-state index in [-0.39, 0.29) is 23.9 Å². The van der Waals surface area contributed by atoms with Gasteiger partial charge in [0.05, 0.1) is 5.56 Å². The van der Waals surface area contributed by atoms with E-state index in [0.29, 0.717) is 18.4 Å². The molecule has 0 aromatic heterocycles. The maximum Gasteiger partial charge on any atom is 0.335 e. The van der Waals surface area contributed by atoms with Crippen LogP contribution in [0.5, 0.6) is 0 Å². The molecule has 1 heterocycles. The van der Waals surface area contributed by atoms with Crippen molar-refractivity contribution in [3.05, 3.63) is 35.4 Å². The molecule has 1 unspecified atom stereocenters. The van der Waals surface area contributed by atoms with Crippen molar-refractivity contribution in [1.82, 2.24) is 10.6 Å². The van der Waals surface area contributed by atoms with Crippen molar-refractivity contribution >= 4 is 17.8 Å². The van der Waals surface area contributed by atoms with E-state index in [4.69, 9.17) is 5.11 Å². The Morgan fingerprint density at radius 2 is 2.21 bits per heavy atom. The van der Waals surface area contributed by atoms with E-state index in [1.54, 1.807) is 12.1 Å². The van der Waals surface area contributed by atoms with Crippen LogP contribution in [0.3, 0.4) is 0 Å². The lowest BCUT2D eigenvalue weighted by Crippen LogP contribution is -2.41. The zero-order chi connectivity index (χ0) is 13.8. The fourth-order valence-electron chi connectivity index (χ4n) is 1.94. The van der Waals surface area contributed by atoms with E-state index in [2.05, 4.69) is 10.6 Å². The van der Waals surface area contributed by atoms with Gasteiger partial charge >= 0.3 is 5.97 Å². The van der Waals surface area contributed by atoms with Crippen LogP contribution in [0.4, 0.5) is 0 Å². The van der Waals surface area contributed by atoms with Gasteiger partial charge in [-0.05, 0) is 24.1 Å². The van der Waals surface area contributed by atoms with Gasteiger partial charge in [-0.25, -0.2) is 4.79 Å². The number of nitrogens with one attached hydrogen (secondary N) is 2. The third kappa shape index (κ3) is 3.31. The van der Waals surface area contributed by atoms with Gasteiger partial charge in [0, 0.05) is 13.0 Å². The van der Waals surface area contributed by atoms with E-state index in [0.717, 1.165) is 0 Å². The number of hydrogen-bond acceptors (Lipinski definition) is 3. The first kappa shape index (κ1) is 13.1. The third-order valence-electron chi connectivity index (χ3n) is 2.95. The molecule has 100 valence electrons. The van der Waals surface area contributed by atoms with Crippen molar-refractivity contribution < 1.29 is 19.5 Å². The van der Waals surface area contributed by atoms with Crippen LogP contribution in [0.25, 0.3) is 0 Å². The van der Waals surface area contributed by atoms with Crippen LogP contribution in [-0.4, -0.2) is 28.9 Å². The minimum atomic E-state index is -1.00. The summed E-state index contributed by atoms with van der Waals surface area (Å²) in [4.78, 5) is 33.5. The first-order valence-electron chi connectivity index (χ1n) is 5.95. The lowest BCUT2D eigenvalue weighted by molar-refractivity contribution is -0.125. The van der Waals surface area contributed by atoms with Crippen LogP contribution in [0, 0.1) is 0 Å². The standard InChI is InChI=1S/C13H14N2O4/c16-11-5-4-10(15-11)12(17)14-7-8-2-1-3-9(6-8)13(18)19/h1-3,6,10H,4-5,7H2,(H,14,17)(H,15,16)(H,18,19). The summed E-state index contributed by atoms with van der Waals surface area (Å²) < 4.78 is 0. The van der Waals surface area contributed by atoms with E-state index in [9.17, 15) is 14.4 Å². The molecule has 6 heteroatoms. The Labute approximate surface area is 109 Å². The molecule has 0 bridgehead atoms. The molecule has 19 heavy (non-hydrogen) atoms. The molecule has 1 fully saturated rings. The Balaban J connectivity index is 1.91. The molecule has 1 aliphatic rings. The van der Waals surface area contributed by atoms with Gasteiger partial charge in [-0.1, -0.05) is 12.1 Å². The number of carboxylic acid groups (broad SMARTS) is 1. The molecule has 0 aliphatic carbocycles. The largest absolute Gasteiger partial charge is 0.478 e. The Morgan fingerprint density at radius 3 is 2.84 bits per heavy atom. The van der Waals surface area contributed by atoms with E-state index >= 15 is 0 Å². The molecule has 0 spiro atoms. The summed E-state index contributed by atoms with van der Waals surface area (Å²) in [6, 6.07) is 5.89. The monoisotopic (exact) mass is 262 g/mol. The van der Waals surface area contributed by atoms with Gasteiger partial charge < -0.3 is 15.7 Å². The fraction of sp³-hybridized carbons (Fsp3) is 0.308. The van der Waals surface area contributed by atoms with Crippen LogP contribution in [0.15, 0.2) is 24.3 Å². The number of hydrogen-bond donors (Lipinski definition) is 3. The predicted octanol–water partition coefficient (Wildman–Crippen LogP) is 0.280. The molecule has 0 radical (unpaired) electrons. The van der Waals surface area contributed by atoms with Gasteiger partial charge in [-0.2, -0.15) is 0 Å². The smallest absolute Gasteiger partial charge is 0.335 e. The topological polar surface area (TPSA) is 95.5 Å². The molecule has 3 N–H and O–H groups in total. The summed E-state index contributed by atoms with van der Waals surface area (Å²) in [5.41, 5.74) is 0.887. The van der Waals surface area contributed by atoms with Crippen LogP contribution >= 0.6 is 0 Å². The van der Waals surface area contributed by atoms with Gasteiger partial charge in [0.1, 0.15) is 6.04 Å². The van der Waals surface area contributed by atoms with Crippen LogP contribution in [-0.2, 0) is 16.1 Å². The minimum Gasteiger partial charge on any atom is -0.478 e. The quantitative estimate of drug-likeness (QED) is 0.726. The molecule has 2 amide bonds. The predicted molar refractivity (Wildman–Crippen MR) is 66.4 cm³/mol. The molecule has 1 atom stereocenters. The summed E-state index contributed by atoms with van der Waals surface area (Å²) in [6.45, 7) is 0.242. The lowest BCUT2D eigenvalue weighted by Gasteiger charge is -2.11. The number of carbonyl (C=O) groups excluding carboxylic acids is 2. The van der Waals surface area contributed by atoms with Gasteiger partial charge in [-0.3, -0.25) is 9.59 Å². The Kier molecular flexibility index (Phi) is 3.79. The second-order valence-electron chi connectivity index (χ2n) is 4.38. The maximum absolute atomic E-state index is 11.7. The Bertz CT molecular complexity index is 527. The molecular formula is C13H14N2O4. The molecule has 1 saturated heterocycles. The van der Waals surface area contributed by atoms with Crippen molar-refractivity contribution in [2.45, 2.75) is 25.4 Å². The molecular weight excluding hydrogens is 248 g/mol. The summed E-state index contributed by atoms with van der Waals surface area (Å²) in [5, 5.41) is 14.1. The van der Waals surface area contributed by atoms with Gasteiger partial charge in [0.2, 0.25) is 11.8 Å². The van der Waals surface area contributed by atoms with Crippen LogP contribution in [0.1, 0.15) is 28.8 Å². The molecule has 6 nitrogen and oxygen atoms in total. The van der Waals surface area contributed by atoms with Crippen molar-refractivity contribution in [1.29, 1.82) is 0 Å². The second kappa shape index (κ2) is 5.51. The zero-order valence-corrected chi connectivity index (χ0v) is 10.2. The SMILES string of the molecule is O=C1CCC(C(=O)NCc2cccc(C(=O)O)c2)N1.